The smallest absolute Gasteiger partial charge is 0.353 e. The Labute approximate surface area is 323 Å². The van der Waals surface area contributed by atoms with Crippen LogP contribution in [0.4, 0.5) is 0 Å². The lowest BCUT2D eigenvalue weighted by atomic mass is 9.50. The van der Waals surface area contributed by atoms with Crippen molar-refractivity contribution < 1.29 is 43.5 Å². The number of aliphatic hydroxyl groups excluding tert-OH is 1. The maximum atomic E-state index is 13.9. The quantitative estimate of drug-likeness (QED) is 0.0684. The van der Waals surface area contributed by atoms with Gasteiger partial charge < -0.3 is 34.1 Å². The van der Waals surface area contributed by atoms with Crippen molar-refractivity contribution in [3.8, 4) is 5.75 Å². The zero-order valence-corrected chi connectivity index (χ0v) is 33.7. The van der Waals surface area contributed by atoms with Crippen LogP contribution in [0.2, 0.25) is 0 Å². The van der Waals surface area contributed by atoms with Crippen molar-refractivity contribution >= 4 is 17.9 Å². The number of rotatable bonds is 22. The molecule has 2 bridgehead atoms. The first-order valence-corrected chi connectivity index (χ1v) is 21.0. The standard InChI is InChI=1S/C44H67NO9/c1-6-7-8-9-10-11-12-13-14-15-16-17-18-19-20-21-36(47)51-34(29-37(48)54-42(2,3)4)41(49)52-33-24-25-44(50)35-28-31-22-23-32(30-46)39-38(31)43(44,40(33)53-39)26-27-45(35)5/h22-24,34-35,40,46,50H,6-21,25-30H2,1-5H3/t34-,35+,40-,43-,44+/m0/s1. The van der Waals surface area contributed by atoms with E-state index in [4.69, 9.17) is 18.9 Å². The van der Waals surface area contributed by atoms with E-state index in [0.717, 1.165) is 30.4 Å². The minimum absolute atomic E-state index is 0.137. The third kappa shape index (κ3) is 9.52. The third-order valence-corrected chi connectivity index (χ3v) is 12.1. The SMILES string of the molecule is CCCCCCCCCCCCCCCCCC(=O)O[C@@H](CC(=O)OC(C)(C)C)C(=O)OC1=CC[C@@]2(O)[C@H]3Cc4ccc(CO)c5c4[C@@]2(CCN3C)[C@H]1O5. The summed E-state index contributed by atoms with van der Waals surface area (Å²) in [5, 5.41) is 22.7. The lowest BCUT2D eigenvalue weighted by Crippen LogP contribution is -2.74. The van der Waals surface area contributed by atoms with E-state index in [-0.39, 0.29) is 31.2 Å². The van der Waals surface area contributed by atoms with Gasteiger partial charge in [0.1, 0.15) is 17.1 Å². The molecule has 1 fully saturated rings. The van der Waals surface area contributed by atoms with E-state index in [1.165, 1.54) is 70.6 Å². The molecule has 1 saturated heterocycles. The first-order chi connectivity index (χ1) is 25.8. The highest BCUT2D eigenvalue weighted by molar-refractivity contribution is 5.85. The lowest BCUT2D eigenvalue weighted by Gasteiger charge is -2.61. The maximum Gasteiger partial charge on any atom is 0.353 e. The molecule has 10 heteroatoms. The Balaban J connectivity index is 1.15. The minimum atomic E-state index is -1.51. The molecule has 0 amide bonds. The van der Waals surface area contributed by atoms with Crippen molar-refractivity contribution in [2.24, 2.45) is 0 Å². The van der Waals surface area contributed by atoms with Crippen LogP contribution in [-0.4, -0.2) is 76.1 Å². The van der Waals surface area contributed by atoms with E-state index in [1.54, 1.807) is 26.8 Å². The van der Waals surface area contributed by atoms with Crippen molar-refractivity contribution in [1.82, 2.24) is 4.90 Å². The van der Waals surface area contributed by atoms with E-state index >= 15 is 0 Å². The second-order valence-corrected chi connectivity index (χ2v) is 17.3. The van der Waals surface area contributed by atoms with Crippen LogP contribution in [0.3, 0.4) is 0 Å². The normalized spacial score (nSPS) is 24.6. The first-order valence-electron chi connectivity index (χ1n) is 21.0. The number of carbonyl (C=O) groups excluding carboxylic acids is 3. The minimum Gasteiger partial charge on any atom is -0.481 e. The molecular formula is C44H67NO9. The van der Waals surface area contributed by atoms with Gasteiger partial charge in [0.05, 0.1) is 24.0 Å². The summed E-state index contributed by atoms with van der Waals surface area (Å²) >= 11 is 0. The van der Waals surface area contributed by atoms with Gasteiger partial charge in [0.25, 0.3) is 0 Å². The number of benzene rings is 1. The Bertz CT molecular complexity index is 1480. The van der Waals surface area contributed by atoms with E-state index in [0.29, 0.717) is 37.1 Å². The van der Waals surface area contributed by atoms with Crippen LogP contribution in [-0.2, 0) is 47.0 Å². The van der Waals surface area contributed by atoms with Crippen molar-refractivity contribution in [3.63, 3.8) is 0 Å². The fraction of sp³-hybridized carbons (Fsp3) is 0.750. The fourth-order valence-corrected chi connectivity index (χ4v) is 9.38. The summed E-state index contributed by atoms with van der Waals surface area (Å²) in [5.74, 6) is -1.38. The number of piperidine rings is 1. The van der Waals surface area contributed by atoms with Crippen molar-refractivity contribution in [3.05, 3.63) is 40.7 Å². The predicted molar refractivity (Wildman–Crippen MR) is 207 cm³/mol. The monoisotopic (exact) mass is 753 g/mol. The van der Waals surface area contributed by atoms with Gasteiger partial charge in [0.15, 0.2) is 6.10 Å². The molecule has 10 nitrogen and oxygen atoms in total. The highest BCUT2D eigenvalue weighted by atomic mass is 16.6. The topological polar surface area (TPSA) is 132 Å². The summed E-state index contributed by atoms with van der Waals surface area (Å²) in [6.07, 6.45) is 18.6. The zero-order valence-electron chi connectivity index (χ0n) is 33.7. The first kappa shape index (κ1) is 42.2. The van der Waals surface area contributed by atoms with Crippen LogP contribution >= 0.6 is 0 Å². The van der Waals surface area contributed by atoms with Gasteiger partial charge in [-0.15, -0.1) is 0 Å². The fourth-order valence-electron chi connectivity index (χ4n) is 9.38. The number of likely N-dealkylation sites (tertiary alicyclic amines) is 1. The summed E-state index contributed by atoms with van der Waals surface area (Å²) in [6.45, 7) is 7.92. The number of esters is 3. The Morgan fingerprint density at radius 2 is 1.54 bits per heavy atom. The summed E-state index contributed by atoms with van der Waals surface area (Å²) in [6, 6.07) is 3.68. The van der Waals surface area contributed by atoms with Crippen molar-refractivity contribution in [2.75, 3.05) is 13.6 Å². The van der Waals surface area contributed by atoms with Gasteiger partial charge in [0.2, 0.25) is 6.10 Å². The van der Waals surface area contributed by atoms with Crippen LogP contribution in [0.15, 0.2) is 24.0 Å². The number of aliphatic hydroxyl groups is 2. The van der Waals surface area contributed by atoms with Crippen LogP contribution in [0.25, 0.3) is 0 Å². The number of unbranched alkanes of at least 4 members (excludes halogenated alkanes) is 14. The largest absolute Gasteiger partial charge is 0.481 e. The second-order valence-electron chi connectivity index (χ2n) is 17.3. The predicted octanol–water partition coefficient (Wildman–Crippen LogP) is 7.90. The zero-order chi connectivity index (χ0) is 38.9. The molecular weight excluding hydrogens is 686 g/mol. The Morgan fingerprint density at radius 3 is 2.13 bits per heavy atom. The molecule has 5 atom stereocenters. The van der Waals surface area contributed by atoms with Gasteiger partial charge in [-0.2, -0.15) is 0 Å². The third-order valence-electron chi connectivity index (χ3n) is 12.1. The van der Waals surface area contributed by atoms with E-state index in [2.05, 4.69) is 11.8 Å². The molecule has 0 unspecified atom stereocenters. The average Bonchev–Trinajstić information content (AvgIpc) is 3.47. The van der Waals surface area contributed by atoms with Gasteiger partial charge in [-0.3, -0.25) is 9.59 Å². The number of carbonyl (C=O) groups is 3. The molecule has 302 valence electrons. The van der Waals surface area contributed by atoms with E-state index in [9.17, 15) is 24.6 Å². The van der Waals surface area contributed by atoms with Crippen molar-refractivity contribution in [2.45, 2.75) is 198 Å². The summed E-state index contributed by atoms with van der Waals surface area (Å²) in [5.41, 5.74) is -0.341. The summed E-state index contributed by atoms with van der Waals surface area (Å²) < 4.78 is 23.8. The highest BCUT2D eigenvalue weighted by Gasteiger charge is 2.72. The number of likely N-dealkylation sites (N-methyl/N-ethyl adjacent to an activating group) is 1. The molecule has 2 N–H and O–H groups in total. The van der Waals surface area contributed by atoms with Crippen LogP contribution < -0.4 is 4.74 Å². The maximum absolute atomic E-state index is 13.9. The Kier molecular flexibility index (Phi) is 14.7. The van der Waals surface area contributed by atoms with Crippen LogP contribution in [0.1, 0.15) is 166 Å². The molecule has 1 aromatic carbocycles. The number of hydrogen-bond donors (Lipinski definition) is 2. The van der Waals surface area contributed by atoms with Crippen LogP contribution in [0, 0.1) is 0 Å². The van der Waals surface area contributed by atoms with Gasteiger partial charge >= 0.3 is 17.9 Å². The number of hydrogen-bond acceptors (Lipinski definition) is 10. The number of ether oxygens (including phenoxy) is 4. The van der Waals surface area contributed by atoms with Gasteiger partial charge in [0, 0.05) is 30.0 Å². The second kappa shape index (κ2) is 18.8. The number of nitrogens with zero attached hydrogens (tertiary/aromatic N) is 1. The van der Waals surface area contributed by atoms with Gasteiger partial charge in [-0.1, -0.05) is 109 Å². The average molecular weight is 754 g/mol. The Morgan fingerprint density at radius 1 is 0.926 bits per heavy atom. The molecule has 0 saturated carbocycles. The summed E-state index contributed by atoms with van der Waals surface area (Å²) in [4.78, 5) is 42.1. The van der Waals surface area contributed by atoms with Crippen LogP contribution in [0.5, 0.6) is 5.75 Å². The molecule has 5 rings (SSSR count). The van der Waals surface area contributed by atoms with Gasteiger partial charge in [-0.05, 0) is 65.3 Å². The van der Waals surface area contributed by atoms with Gasteiger partial charge in [-0.25, -0.2) is 4.79 Å². The molecule has 4 aliphatic rings. The van der Waals surface area contributed by atoms with E-state index < -0.39 is 53.2 Å². The Hall–Kier alpha value is -2.95. The molecule has 1 aromatic rings. The molecule has 0 aromatic heterocycles. The van der Waals surface area contributed by atoms with Crippen molar-refractivity contribution in [1.29, 1.82) is 0 Å². The highest BCUT2D eigenvalue weighted by Crippen LogP contribution is 2.64. The molecule has 2 aliphatic carbocycles. The molecule has 2 aliphatic heterocycles. The molecule has 54 heavy (non-hydrogen) atoms. The molecule has 0 radical (unpaired) electrons. The lowest BCUT2D eigenvalue weighted by molar-refractivity contribution is -0.179. The molecule has 1 spiro atoms. The van der Waals surface area contributed by atoms with E-state index in [1.807, 2.05) is 19.2 Å². The summed E-state index contributed by atoms with van der Waals surface area (Å²) in [7, 11) is 2.02. The molecule has 2 heterocycles.